The van der Waals surface area contributed by atoms with Gasteiger partial charge in [-0.3, -0.25) is 0 Å². The van der Waals surface area contributed by atoms with Crippen molar-refractivity contribution in [3.63, 3.8) is 0 Å². The molecule has 0 fully saturated rings. The third-order valence-electron chi connectivity index (χ3n) is 2.37. The first kappa shape index (κ1) is 11.8. The van der Waals surface area contributed by atoms with Crippen molar-refractivity contribution in [2.75, 3.05) is 6.54 Å². The summed E-state index contributed by atoms with van der Waals surface area (Å²) in [5, 5.41) is 12.7. The molecule has 82 valence electrons. The Labute approximate surface area is 91.6 Å². The number of allylic oxidation sites excluding steroid dienone is 1. The predicted molar refractivity (Wildman–Crippen MR) is 64.0 cm³/mol. The van der Waals surface area contributed by atoms with Gasteiger partial charge in [-0.2, -0.15) is 0 Å². The highest BCUT2D eigenvalue weighted by atomic mass is 16.3. The van der Waals surface area contributed by atoms with Crippen molar-refractivity contribution in [3.8, 4) is 5.75 Å². The lowest BCUT2D eigenvalue weighted by Crippen LogP contribution is -2.19. The van der Waals surface area contributed by atoms with Crippen molar-refractivity contribution in [2.24, 2.45) is 0 Å². The monoisotopic (exact) mass is 205 g/mol. The number of phenols is 1. The van der Waals surface area contributed by atoms with Crippen LogP contribution in [0.25, 0.3) is 0 Å². The van der Waals surface area contributed by atoms with Gasteiger partial charge in [0.2, 0.25) is 0 Å². The molecule has 15 heavy (non-hydrogen) atoms. The lowest BCUT2D eigenvalue weighted by atomic mass is 10.1. The van der Waals surface area contributed by atoms with E-state index in [1.54, 1.807) is 12.1 Å². The van der Waals surface area contributed by atoms with Gasteiger partial charge in [0.05, 0.1) is 0 Å². The molecule has 1 rings (SSSR count). The van der Waals surface area contributed by atoms with E-state index in [1.807, 2.05) is 19.1 Å². The highest BCUT2D eigenvalue weighted by Crippen LogP contribution is 2.17. The van der Waals surface area contributed by atoms with Crippen LogP contribution in [0, 0.1) is 0 Å². The summed E-state index contributed by atoms with van der Waals surface area (Å²) in [6, 6.07) is 7.66. The topological polar surface area (TPSA) is 32.3 Å². The van der Waals surface area contributed by atoms with Gasteiger partial charge >= 0.3 is 0 Å². The fourth-order valence-corrected chi connectivity index (χ4v) is 1.46. The zero-order valence-electron chi connectivity index (χ0n) is 9.40. The van der Waals surface area contributed by atoms with Gasteiger partial charge in [0, 0.05) is 6.04 Å². The number of phenolic OH excluding ortho intramolecular Hbond substituents is 1. The van der Waals surface area contributed by atoms with Crippen LogP contribution in [0.15, 0.2) is 36.4 Å². The molecular formula is C13H19NO. The summed E-state index contributed by atoms with van der Waals surface area (Å²) in [6.45, 7) is 5.09. The zero-order chi connectivity index (χ0) is 11.1. The second kappa shape index (κ2) is 6.25. The molecule has 0 saturated carbocycles. The van der Waals surface area contributed by atoms with E-state index in [0.29, 0.717) is 5.75 Å². The standard InChI is InChI=1S/C13H19NO/c1-3-4-5-9-14-11(2)12-7-6-8-13(15)10-12/h3-4,6-8,10-11,14-15H,5,9H2,1-2H3/b4-3+. The van der Waals surface area contributed by atoms with Crippen LogP contribution in [-0.4, -0.2) is 11.7 Å². The Hall–Kier alpha value is -1.28. The number of nitrogens with one attached hydrogen (secondary N) is 1. The van der Waals surface area contributed by atoms with E-state index < -0.39 is 0 Å². The quantitative estimate of drug-likeness (QED) is 0.572. The van der Waals surface area contributed by atoms with E-state index in [2.05, 4.69) is 24.4 Å². The minimum absolute atomic E-state index is 0.280. The van der Waals surface area contributed by atoms with Crippen molar-refractivity contribution in [3.05, 3.63) is 42.0 Å². The number of rotatable bonds is 5. The average molecular weight is 205 g/mol. The van der Waals surface area contributed by atoms with Gasteiger partial charge in [0.1, 0.15) is 5.75 Å². The van der Waals surface area contributed by atoms with Crippen LogP contribution in [0.1, 0.15) is 31.9 Å². The SMILES string of the molecule is C/C=C/CCNC(C)c1cccc(O)c1. The van der Waals surface area contributed by atoms with Crippen molar-refractivity contribution >= 4 is 0 Å². The van der Waals surface area contributed by atoms with Crippen LogP contribution in [-0.2, 0) is 0 Å². The van der Waals surface area contributed by atoms with Crippen LogP contribution in [0.3, 0.4) is 0 Å². The first-order chi connectivity index (χ1) is 7.24. The van der Waals surface area contributed by atoms with E-state index in [9.17, 15) is 5.11 Å². The third kappa shape index (κ3) is 4.17. The molecule has 1 atom stereocenters. The van der Waals surface area contributed by atoms with Crippen molar-refractivity contribution in [1.82, 2.24) is 5.32 Å². The summed E-state index contributed by atoms with van der Waals surface area (Å²) < 4.78 is 0. The maximum absolute atomic E-state index is 9.33. The Morgan fingerprint density at radius 1 is 1.47 bits per heavy atom. The van der Waals surface area contributed by atoms with Gasteiger partial charge in [0.25, 0.3) is 0 Å². The molecule has 0 aliphatic heterocycles. The molecule has 2 heteroatoms. The Morgan fingerprint density at radius 3 is 2.93 bits per heavy atom. The Morgan fingerprint density at radius 2 is 2.27 bits per heavy atom. The zero-order valence-corrected chi connectivity index (χ0v) is 9.40. The highest BCUT2D eigenvalue weighted by Gasteiger charge is 2.03. The molecule has 0 aliphatic rings. The van der Waals surface area contributed by atoms with Gasteiger partial charge in [-0.15, -0.1) is 0 Å². The summed E-state index contributed by atoms with van der Waals surface area (Å²) in [7, 11) is 0. The van der Waals surface area contributed by atoms with Crippen LogP contribution < -0.4 is 5.32 Å². The molecule has 0 spiro atoms. The van der Waals surface area contributed by atoms with Crippen molar-refractivity contribution in [1.29, 1.82) is 0 Å². The van der Waals surface area contributed by atoms with Crippen LogP contribution in [0.4, 0.5) is 0 Å². The molecule has 0 saturated heterocycles. The Bertz CT molecular complexity index is 320. The van der Waals surface area contributed by atoms with Crippen LogP contribution in [0.5, 0.6) is 5.75 Å². The van der Waals surface area contributed by atoms with Gasteiger partial charge in [-0.25, -0.2) is 0 Å². The minimum Gasteiger partial charge on any atom is -0.508 e. The van der Waals surface area contributed by atoms with Gasteiger partial charge in [-0.1, -0.05) is 24.3 Å². The Kier molecular flexibility index (Phi) is 4.91. The normalized spacial score (nSPS) is 13.2. The molecule has 1 aromatic carbocycles. The number of hydrogen-bond donors (Lipinski definition) is 2. The predicted octanol–water partition coefficient (Wildman–Crippen LogP) is 3.01. The van der Waals surface area contributed by atoms with Gasteiger partial charge in [-0.05, 0) is 44.5 Å². The van der Waals surface area contributed by atoms with Crippen LogP contribution in [0.2, 0.25) is 0 Å². The van der Waals surface area contributed by atoms with E-state index >= 15 is 0 Å². The van der Waals surface area contributed by atoms with E-state index in [1.165, 1.54) is 0 Å². The third-order valence-corrected chi connectivity index (χ3v) is 2.37. The molecule has 0 amide bonds. The first-order valence-electron chi connectivity index (χ1n) is 5.37. The van der Waals surface area contributed by atoms with E-state index in [4.69, 9.17) is 0 Å². The molecule has 1 aromatic rings. The molecule has 0 bridgehead atoms. The average Bonchev–Trinajstić information content (AvgIpc) is 2.24. The van der Waals surface area contributed by atoms with Crippen LogP contribution >= 0.6 is 0 Å². The highest BCUT2D eigenvalue weighted by molar-refractivity contribution is 5.28. The summed E-state index contributed by atoms with van der Waals surface area (Å²) in [5.41, 5.74) is 1.12. The molecule has 0 heterocycles. The molecular weight excluding hydrogens is 186 g/mol. The number of hydrogen-bond acceptors (Lipinski definition) is 2. The fraction of sp³-hybridized carbons (Fsp3) is 0.385. The van der Waals surface area contributed by atoms with E-state index in [0.717, 1.165) is 18.5 Å². The summed E-state index contributed by atoms with van der Waals surface area (Å²) in [5.74, 6) is 0.328. The molecule has 2 nitrogen and oxygen atoms in total. The maximum atomic E-state index is 9.33. The number of aromatic hydroxyl groups is 1. The fourth-order valence-electron chi connectivity index (χ4n) is 1.46. The smallest absolute Gasteiger partial charge is 0.115 e. The molecule has 0 aromatic heterocycles. The minimum atomic E-state index is 0.280. The summed E-state index contributed by atoms with van der Waals surface area (Å²) in [6.07, 6.45) is 5.24. The van der Waals surface area contributed by atoms with Crippen molar-refractivity contribution in [2.45, 2.75) is 26.3 Å². The van der Waals surface area contributed by atoms with Crippen molar-refractivity contribution < 1.29 is 5.11 Å². The maximum Gasteiger partial charge on any atom is 0.115 e. The van der Waals surface area contributed by atoms with Gasteiger partial charge < -0.3 is 10.4 Å². The molecule has 1 unspecified atom stereocenters. The summed E-state index contributed by atoms with van der Waals surface area (Å²) in [4.78, 5) is 0. The van der Waals surface area contributed by atoms with E-state index in [-0.39, 0.29) is 6.04 Å². The first-order valence-corrected chi connectivity index (χ1v) is 5.37. The molecule has 0 radical (unpaired) electrons. The number of benzene rings is 1. The summed E-state index contributed by atoms with van der Waals surface area (Å²) >= 11 is 0. The lowest BCUT2D eigenvalue weighted by Gasteiger charge is -2.13. The molecule has 0 aliphatic carbocycles. The largest absolute Gasteiger partial charge is 0.508 e. The lowest BCUT2D eigenvalue weighted by molar-refractivity contribution is 0.472. The second-order valence-electron chi connectivity index (χ2n) is 3.63. The Balaban J connectivity index is 2.43. The second-order valence-corrected chi connectivity index (χ2v) is 3.63. The molecule has 2 N–H and O–H groups in total. The van der Waals surface area contributed by atoms with Gasteiger partial charge in [0.15, 0.2) is 0 Å².